The van der Waals surface area contributed by atoms with Crippen molar-refractivity contribution in [2.45, 2.75) is 13.3 Å². The van der Waals surface area contributed by atoms with E-state index in [1.54, 1.807) is 43.0 Å². The summed E-state index contributed by atoms with van der Waals surface area (Å²) >= 11 is 0. The minimum Gasteiger partial charge on any atom is -0.470 e. The zero-order chi connectivity index (χ0) is 25.8. The van der Waals surface area contributed by atoms with Gasteiger partial charge >= 0.3 is 0 Å². The number of hydrogen-bond donors (Lipinski definition) is 3. The summed E-state index contributed by atoms with van der Waals surface area (Å²) in [4.78, 5) is 14.3. The summed E-state index contributed by atoms with van der Waals surface area (Å²) in [6.07, 6.45) is -0.805. The molecule has 0 saturated carbocycles. The van der Waals surface area contributed by atoms with Gasteiger partial charge in [-0.25, -0.2) is 14.6 Å². The molecule has 1 aliphatic heterocycles. The van der Waals surface area contributed by atoms with Crippen molar-refractivity contribution in [3.8, 4) is 5.88 Å². The predicted molar refractivity (Wildman–Crippen MR) is 130 cm³/mol. The Morgan fingerprint density at radius 3 is 2.47 bits per heavy atom. The number of hydrazine groups is 1. The molecule has 13 heteroatoms. The lowest BCUT2D eigenvalue weighted by Crippen LogP contribution is -2.52. The van der Waals surface area contributed by atoms with Crippen molar-refractivity contribution in [3.63, 3.8) is 0 Å². The summed E-state index contributed by atoms with van der Waals surface area (Å²) < 4.78 is 32.9. The Morgan fingerprint density at radius 2 is 1.92 bits per heavy atom. The maximum Gasteiger partial charge on any atom is 0.263 e. The first kappa shape index (κ1) is 24.9. The molecule has 1 fully saturated rings. The van der Waals surface area contributed by atoms with Crippen molar-refractivity contribution in [2.75, 3.05) is 34.9 Å². The highest BCUT2D eigenvalue weighted by Gasteiger charge is 2.34. The number of benzene rings is 1. The van der Waals surface area contributed by atoms with Crippen molar-refractivity contribution in [3.05, 3.63) is 65.6 Å². The molecule has 1 amide bonds. The number of alkyl halides is 2. The molecule has 0 atom stereocenters. The van der Waals surface area contributed by atoms with Gasteiger partial charge in [0.1, 0.15) is 6.61 Å². The van der Waals surface area contributed by atoms with Crippen molar-refractivity contribution >= 4 is 23.2 Å². The van der Waals surface area contributed by atoms with Crippen molar-refractivity contribution in [2.24, 2.45) is 24.5 Å². The van der Waals surface area contributed by atoms with Gasteiger partial charge in [0.05, 0.1) is 17.3 Å². The number of amides is 1. The number of anilines is 3. The van der Waals surface area contributed by atoms with Crippen LogP contribution in [0.1, 0.15) is 18.9 Å². The van der Waals surface area contributed by atoms with Gasteiger partial charge in [-0.2, -0.15) is 5.10 Å². The summed E-state index contributed by atoms with van der Waals surface area (Å²) in [6.45, 7) is 2.67. The number of halogens is 2. The number of rotatable bonds is 9. The first-order valence-corrected chi connectivity index (χ1v) is 11.1. The van der Waals surface area contributed by atoms with E-state index >= 15 is 0 Å². The van der Waals surface area contributed by atoms with Crippen LogP contribution >= 0.6 is 0 Å². The Labute approximate surface area is 206 Å². The Bertz CT molecular complexity index is 1220. The zero-order valence-corrected chi connectivity index (χ0v) is 19.8. The highest BCUT2D eigenvalue weighted by molar-refractivity contribution is 5.93. The first-order valence-electron chi connectivity index (χ1n) is 11.1. The molecule has 1 aliphatic rings. The quantitative estimate of drug-likeness (QED) is 0.298. The van der Waals surface area contributed by atoms with Crippen LogP contribution in [0.25, 0.3) is 0 Å². The predicted octanol–water partition coefficient (Wildman–Crippen LogP) is 2.17. The standard InChI is InChI=1S/C23H27F2N9O2/c1-14(26)18(34(27)17-5-3-15(4-6-17)22(24)25)13-36-21-8-7-20(29-30-21)33-11-16(12-33)23(35)28-19-9-10-32(2)31-19/h3-10,16,22H,11-13,26-27H2,1-2H3,(H,28,31,35)/b18-14-. The second kappa shape index (κ2) is 10.6. The fourth-order valence-corrected chi connectivity index (χ4v) is 3.55. The van der Waals surface area contributed by atoms with E-state index in [2.05, 4.69) is 20.6 Å². The fourth-order valence-electron chi connectivity index (χ4n) is 3.55. The lowest BCUT2D eigenvalue weighted by Gasteiger charge is -2.38. The van der Waals surface area contributed by atoms with E-state index in [4.69, 9.17) is 16.3 Å². The number of nitrogens with one attached hydrogen (secondary N) is 1. The average molecular weight is 500 g/mol. The fraction of sp³-hybridized carbons (Fsp3) is 0.304. The summed E-state index contributed by atoms with van der Waals surface area (Å²) in [7, 11) is 1.78. The first-order chi connectivity index (χ1) is 17.2. The van der Waals surface area contributed by atoms with Crippen LogP contribution in [0.2, 0.25) is 0 Å². The van der Waals surface area contributed by atoms with Crippen LogP contribution in [0.5, 0.6) is 5.88 Å². The van der Waals surface area contributed by atoms with Crippen LogP contribution in [-0.2, 0) is 11.8 Å². The second-order valence-corrected chi connectivity index (χ2v) is 8.38. The van der Waals surface area contributed by atoms with Gasteiger partial charge in [0.15, 0.2) is 11.6 Å². The molecule has 0 spiro atoms. The molecule has 11 nitrogen and oxygen atoms in total. The number of nitrogens with zero attached hydrogens (tertiary/aromatic N) is 6. The SMILES string of the molecule is C/C(N)=C(\COc1ccc(N2CC(C(=O)Nc3ccn(C)n3)C2)nn1)N(N)c1ccc(C(F)F)cc1. The molecule has 2 aromatic heterocycles. The van der Waals surface area contributed by atoms with Gasteiger partial charge in [0.2, 0.25) is 11.8 Å². The number of carbonyl (C=O) groups excluding carboxylic acids is 1. The molecule has 5 N–H and O–H groups in total. The molecule has 1 aromatic carbocycles. The van der Waals surface area contributed by atoms with Crippen LogP contribution in [0.3, 0.4) is 0 Å². The summed E-state index contributed by atoms with van der Waals surface area (Å²) in [6, 6.07) is 10.7. The van der Waals surface area contributed by atoms with Crippen molar-refractivity contribution in [1.82, 2.24) is 20.0 Å². The number of nitrogens with two attached hydrogens (primary N) is 2. The molecule has 1 saturated heterocycles. The Kier molecular flexibility index (Phi) is 7.29. The van der Waals surface area contributed by atoms with Crippen LogP contribution < -0.4 is 31.5 Å². The number of aryl methyl sites for hydroxylation is 1. The minimum absolute atomic E-state index is 0.0110. The van der Waals surface area contributed by atoms with Crippen molar-refractivity contribution in [1.29, 1.82) is 0 Å². The van der Waals surface area contributed by atoms with Gasteiger partial charge < -0.3 is 20.7 Å². The zero-order valence-electron chi connectivity index (χ0n) is 19.8. The molecule has 3 heterocycles. The number of hydrogen-bond acceptors (Lipinski definition) is 9. The van der Waals surface area contributed by atoms with E-state index in [-0.39, 0.29) is 29.9 Å². The number of carbonyl (C=O) groups is 1. The van der Waals surface area contributed by atoms with Crippen LogP contribution in [0.4, 0.5) is 26.1 Å². The molecule has 0 radical (unpaired) electrons. The molecule has 190 valence electrons. The van der Waals surface area contributed by atoms with Crippen LogP contribution in [0, 0.1) is 5.92 Å². The molecule has 3 aromatic rings. The molecule has 36 heavy (non-hydrogen) atoms. The Morgan fingerprint density at radius 1 is 1.19 bits per heavy atom. The summed E-state index contributed by atoms with van der Waals surface area (Å²) in [5.74, 6) is 7.28. The number of ether oxygens (including phenoxy) is 1. The molecular weight excluding hydrogens is 472 g/mol. The van der Waals surface area contributed by atoms with E-state index in [0.29, 0.717) is 41.8 Å². The lowest BCUT2D eigenvalue weighted by atomic mass is 9.99. The van der Waals surface area contributed by atoms with Crippen LogP contribution in [0.15, 0.2) is 60.1 Å². The third kappa shape index (κ3) is 5.68. The minimum atomic E-state index is -2.56. The monoisotopic (exact) mass is 499 g/mol. The number of allylic oxidation sites excluding steroid dienone is 1. The van der Waals surface area contributed by atoms with Crippen molar-refractivity contribution < 1.29 is 18.3 Å². The largest absolute Gasteiger partial charge is 0.470 e. The topological polar surface area (TPSA) is 140 Å². The summed E-state index contributed by atoms with van der Waals surface area (Å²) in [5.41, 5.74) is 7.18. The van der Waals surface area contributed by atoms with E-state index in [9.17, 15) is 13.6 Å². The molecule has 0 aliphatic carbocycles. The Balaban J connectivity index is 1.29. The third-order valence-electron chi connectivity index (χ3n) is 5.69. The average Bonchev–Trinajstić information content (AvgIpc) is 3.23. The maximum absolute atomic E-state index is 12.8. The highest BCUT2D eigenvalue weighted by Crippen LogP contribution is 2.25. The van der Waals surface area contributed by atoms with Crippen LogP contribution in [-0.4, -0.2) is 45.6 Å². The van der Waals surface area contributed by atoms with Gasteiger partial charge in [-0.1, -0.05) is 12.1 Å². The highest BCUT2D eigenvalue weighted by atomic mass is 19.3. The third-order valence-corrected chi connectivity index (χ3v) is 5.69. The molecule has 4 rings (SSSR count). The maximum atomic E-state index is 12.8. The van der Waals surface area contributed by atoms with E-state index in [1.165, 1.54) is 29.3 Å². The van der Waals surface area contributed by atoms with Gasteiger partial charge in [0, 0.05) is 49.7 Å². The second-order valence-electron chi connectivity index (χ2n) is 8.38. The summed E-state index contributed by atoms with van der Waals surface area (Å²) in [5, 5.41) is 16.5. The molecule has 0 bridgehead atoms. The smallest absolute Gasteiger partial charge is 0.263 e. The number of aromatic nitrogens is 4. The van der Waals surface area contributed by atoms with E-state index in [1.807, 2.05) is 4.90 Å². The van der Waals surface area contributed by atoms with Gasteiger partial charge in [0.25, 0.3) is 6.43 Å². The molecule has 0 unspecified atom stereocenters. The van der Waals surface area contributed by atoms with E-state index in [0.717, 1.165) is 0 Å². The lowest BCUT2D eigenvalue weighted by molar-refractivity contribution is -0.120. The Hall–Kier alpha value is -4.26. The normalized spacial score (nSPS) is 14.3. The van der Waals surface area contributed by atoms with Gasteiger partial charge in [-0.15, -0.1) is 10.2 Å². The van der Waals surface area contributed by atoms with Gasteiger partial charge in [-0.3, -0.25) is 14.5 Å². The molecular formula is C23H27F2N9O2. The van der Waals surface area contributed by atoms with Gasteiger partial charge in [-0.05, 0) is 25.1 Å². The van der Waals surface area contributed by atoms with E-state index < -0.39 is 6.43 Å².